The molecule has 2 aliphatic carbocycles. The Morgan fingerprint density at radius 1 is 0.879 bits per heavy atom. The lowest BCUT2D eigenvalue weighted by Gasteiger charge is -2.29. The van der Waals surface area contributed by atoms with E-state index in [2.05, 4.69) is 24.3 Å². The van der Waals surface area contributed by atoms with Crippen LogP contribution in [0.4, 0.5) is 0 Å². The summed E-state index contributed by atoms with van der Waals surface area (Å²) >= 11 is 0. The molecule has 1 heterocycles. The van der Waals surface area contributed by atoms with E-state index in [-0.39, 0.29) is 23.9 Å². The zero-order valence-corrected chi connectivity index (χ0v) is 19.1. The Hall–Kier alpha value is -2.95. The van der Waals surface area contributed by atoms with E-state index in [0.29, 0.717) is 37.3 Å². The lowest BCUT2D eigenvalue weighted by molar-refractivity contribution is -0.133. The van der Waals surface area contributed by atoms with Crippen molar-refractivity contribution in [3.05, 3.63) is 64.7 Å². The van der Waals surface area contributed by atoms with E-state index in [9.17, 15) is 14.4 Å². The van der Waals surface area contributed by atoms with Crippen molar-refractivity contribution in [3.8, 4) is 5.75 Å². The maximum atomic E-state index is 13.0. The van der Waals surface area contributed by atoms with Crippen LogP contribution in [-0.2, 0) is 29.2 Å². The minimum Gasteiger partial charge on any atom is -0.489 e. The fourth-order valence-corrected chi connectivity index (χ4v) is 5.56. The first kappa shape index (κ1) is 21.9. The van der Waals surface area contributed by atoms with Crippen molar-refractivity contribution in [1.82, 2.24) is 4.90 Å². The van der Waals surface area contributed by atoms with E-state index in [0.717, 1.165) is 23.5 Å². The van der Waals surface area contributed by atoms with Crippen LogP contribution in [0.25, 0.3) is 0 Å². The Bertz CT molecular complexity index is 1050. The highest BCUT2D eigenvalue weighted by atomic mass is 16.5. The largest absolute Gasteiger partial charge is 0.489 e. The van der Waals surface area contributed by atoms with Crippen molar-refractivity contribution in [2.45, 2.75) is 77.0 Å². The number of ketones is 2. The summed E-state index contributed by atoms with van der Waals surface area (Å²) in [5.41, 5.74) is 3.92. The fourth-order valence-electron chi connectivity index (χ4n) is 5.56. The standard InChI is InChI=1S/C28H31NO4/c30-22-13-14-25(26(31)16-22)29-17-24-23(28(29)32)7-4-8-27(24)33-18-21-11-9-20(10-12-21)15-19-5-2-1-3-6-19/h4,7-12,19,25H,1-3,5-6,13-18H2. The third-order valence-electron chi connectivity index (χ3n) is 7.44. The van der Waals surface area contributed by atoms with E-state index in [1.807, 2.05) is 12.1 Å². The van der Waals surface area contributed by atoms with Crippen LogP contribution in [0.2, 0.25) is 0 Å². The van der Waals surface area contributed by atoms with Crippen LogP contribution < -0.4 is 4.74 Å². The average Bonchev–Trinajstić information content (AvgIpc) is 3.16. The number of fused-ring (bicyclic) bond motifs is 1. The molecule has 5 heteroatoms. The molecular weight excluding hydrogens is 414 g/mol. The van der Waals surface area contributed by atoms with Crippen molar-refractivity contribution in [3.63, 3.8) is 0 Å². The summed E-state index contributed by atoms with van der Waals surface area (Å²) < 4.78 is 6.13. The van der Waals surface area contributed by atoms with Crippen molar-refractivity contribution in [2.24, 2.45) is 5.92 Å². The van der Waals surface area contributed by atoms with Crippen molar-refractivity contribution in [1.29, 1.82) is 0 Å². The molecule has 0 bridgehead atoms. The molecule has 0 N–H and O–H groups in total. The molecule has 1 aliphatic heterocycles. The number of hydrogen-bond donors (Lipinski definition) is 0. The van der Waals surface area contributed by atoms with Gasteiger partial charge in [-0.25, -0.2) is 0 Å². The van der Waals surface area contributed by atoms with Gasteiger partial charge < -0.3 is 9.64 Å². The van der Waals surface area contributed by atoms with Gasteiger partial charge in [0.1, 0.15) is 18.1 Å². The highest BCUT2D eigenvalue weighted by Gasteiger charge is 2.39. The van der Waals surface area contributed by atoms with Gasteiger partial charge in [0.05, 0.1) is 19.0 Å². The minimum atomic E-state index is -0.507. The quantitative estimate of drug-likeness (QED) is 0.585. The summed E-state index contributed by atoms with van der Waals surface area (Å²) in [6.07, 6.45) is 8.69. The van der Waals surface area contributed by atoms with Crippen LogP contribution in [0.15, 0.2) is 42.5 Å². The number of carbonyl (C=O) groups excluding carboxylic acids is 3. The smallest absolute Gasteiger partial charge is 0.255 e. The number of nitrogens with zero attached hydrogens (tertiary/aromatic N) is 1. The third kappa shape index (κ3) is 4.73. The second kappa shape index (κ2) is 9.50. The van der Waals surface area contributed by atoms with Gasteiger partial charge in [-0.15, -0.1) is 0 Å². The molecule has 0 saturated heterocycles. The second-order valence-electron chi connectivity index (χ2n) is 9.76. The summed E-state index contributed by atoms with van der Waals surface area (Å²) in [7, 11) is 0. The van der Waals surface area contributed by atoms with Gasteiger partial charge in [0.15, 0.2) is 5.78 Å². The Balaban J connectivity index is 1.23. The molecule has 0 aromatic heterocycles. The van der Waals surface area contributed by atoms with E-state index in [1.54, 1.807) is 11.0 Å². The zero-order chi connectivity index (χ0) is 22.8. The molecule has 0 radical (unpaired) electrons. The number of carbonyl (C=O) groups is 3. The number of Topliss-reactive ketones (excluding diaryl/α,β-unsaturated/α-hetero) is 2. The molecule has 1 amide bonds. The van der Waals surface area contributed by atoms with Crippen LogP contribution in [0.3, 0.4) is 0 Å². The summed E-state index contributed by atoms with van der Waals surface area (Å²) in [5.74, 6) is 1.18. The Morgan fingerprint density at radius 3 is 2.39 bits per heavy atom. The summed E-state index contributed by atoms with van der Waals surface area (Å²) in [6, 6.07) is 13.7. The third-order valence-corrected chi connectivity index (χ3v) is 7.44. The molecule has 1 atom stereocenters. The molecule has 5 rings (SSSR count). The van der Waals surface area contributed by atoms with Gasteiger partial charge in [0, 0.05) is 17.5 Å². The number of benzene rings is 2. The van der Waals surface area contributed by atoms with Gasteiger partial charge in [-0.2, -0.15) is 0 Å². The molecule has 0 spiro atoms. The van der Waals surface area contributed by atoms with Crippen molar-refractivity contribution < 1.29 is 19.1 Å². The molecule has 2 aromatic rings. The number of hydrogen-bond acceptors (Lipinski definition) is 4. The molecule has 2 saturated carbocycles. The first-order valence-electron chi connectivity index (χ1n) is 12.3. The number of ether oxygens (including phenoxy) is 1. The average molecular weight is 446 g/mol. The number of rotatable bonds is 6. The van der Waals surface area contributed by atoms with Gasteiger partial charge in [0.2, 0.25) is 0 Å². The highest BCUT2D eigenvalue weighted by Crippen LogP contribution is 2.34. The van der Waals surface area contributed by atoms with Crippen LogP contribution >= 0.6 is 0 Å². The monoisotopic (exact) mass is 445 g/mol. The molecule has 2 fully saturated rings. The predicted octanol–water partition coefficient (Wildman–Crippen LogP) is 5.03. The van der Waals surface area contributed by atoms with E-state index in [1.165, 1.54) is 37.7 Å². The van der Waals surface area contributed by atoms with E-state index >= 15 is 0 Å². The highest BCUT2D eigenvalue weighted by molar-refractivity contribution is 6.07. The summed E-state index contributed by atoms with van der Waals surface area (Å²) in [4.78, 5) is 38.6. The summed E-state index contributed by atoms with van der Waals surface area (Å²) in [5, 5.41) is 0. The Kier molecular flexibility index (Phi) is 6.30. The van der Waals surface area contributed by atoms with Crippen LogP contribution in [-0.4, -0.2) is 28.4 Å². The van der Waals surface area contributed by atoms with E-state index in [4.69, 9.17) is 4.74 Å². The van der Waals surface area contributed by atoms with Gasteiger partial charge in [0.25, 0.3) is 5.91 Å². The van der Waals surface area contributed by atoms with Crippen LogP contribution in [0.5, 0.6) is 5.75 Å². The first-order valence-corrected chi connectivity index (χ1v) is 12.3. The number of amides is 1. The maximum absolute atomic E-state index is 13.0. The predicted molar refractivity (Wildman–Crippen MR) is 125 cm³/mol. The van der Waals surface area contributed by atoms with Crippen molar-refractivity contribution in [2.75, 3.05) is 0 Å². The SMILES string of the molecule is O=C1CCC(N2Cc3c(OCc4ccc(CC5CCCCC5)cc4)cccc3C2=O)C(=O)C1. The Labute approximate surface area is 195 Å². The van der Waals surface area contributed by atoms with Crippen LogP contribution in [0, 0.1) is 5.92 Å². The normalized spacial score (nSPS) is 21.4. The van der Waals surface area contributed by atoms with Gasteiger partial charge >= 0.3 is 0 Å². The van der Waals surface area contributed by atoms with Gasteiger partial charge in [-0.3, -0.25) is 14.4 Å². The van der Waals surface area contributed by atoms with Gasteiger partial charge in [-0.1, -0.05) is 62.4 Å². The lowest BCUT2D eigenvalue weighted by atomic mass is 9.85. The first-order chi connectivity index (χ1) is 16.1. The van der Waals surface area contributed by atoms with E-state index < -0.39 is 6.04 Å². The van der Waals surface area contributed by atoms with Crippen LogP contribution in [0.1, 0.15) is 78.4 Å². The fraction of sp³-hybridized carbons (Fsp3) is 0.464. The topological polar surface area (TPSA) is 63.7 Å². The zero-order valence-electron chi connectivity index (χ0n) is 19.1. The molecular formula is C28H31NO4. The maximum Gasteiger partial charge on any atom is 0.255 e. The van der Waals surface area contributed by atoms with Gasteiger partial charge in [-0.05, 0) is 42.0 Å². The molecule has 5 nitrogen and oxygen atoms in total. The minimum absolute atomic E-state index is 0.0332. The van der Waals surface area contributed by atoms with Crippen molar-refractivity contribution >= 4 is 17.5 Å². The second-order valence-corrected chi connectivity index (χ2v) is 9.76. The molecule has 3 aliphatic rings. The lowest BCUT2D eigenvalue weighted by Crippen LogP contribution is -2.44. The molecule has 172 valence electrons. The Morgan fingerprint density at radius 2 is 1.64 bits per heavy atom. The molecule has 1 unspecified atom stereocenters. The molecule has 33 heavy (non-hydrogen) atoms. The molecule has 2 aromatic carbocycles. The summed E-state index contributed by atoms with van der Waals surface area (Å²) in [6.45, 7) is 0.792.